The van der Waals surface area contributed by atoms with Crippen LogP contribution < -0.4 is 5.32 Å². The van der Waals surface area contributed by atoms with E-state index in [-0.39, 0.29) is 0 Å². The van der Waals surface area contributed by atoms with Crippen molar-refractivity contribution in [2.24, 2.45) is 11.3 Å². The normalized spacial score (nSPS) is 18.6. The Morgan fingerprint density at radius 1 is 1.05 bits per heavy atom. The molecule has 120 valence electrons. The lowest BCUT2D eigenvalue weighted by atomic mass is 9.72. The molecule has 1 N–H and O–H groups in total. The molecule has 0 amide bonds. The highest BCUT2D eigenvalue weighted by molar-refractivity contribution is 4.84. The lowest BCUT2D eigenvalue weighted by molar-refractivity contribution is 0.0669. The van der Waals surface area contributed by atoms with E-state index in [0.717, 1.165) is 38.8 Å². The fraction of sp³-hybridized carbons (Fsp3) is 1.00. The monoisotopic (exact) mass is 285 g/mol. The molecule has 0 aromatic heterocycles. The quantitative estimate of drug-likeness (QED) is 0.588. The average molecular weight is 285 g/mol. The van der Waals surface area contributed by atoms with Crippen molar-refractivity contribution >= 4 is 0 Å². The van der Waals surface area contributed by atoms with Crippen LogP contribution in [0, 0.1) is 11.3 Å². The summed E-state index contributed by atoms with van der Waals surface area (Å²) in [5.41, 5.74) is 0.476. The van der Waals surface area contributed by atoms with Gasteiger partial charge in [-0.3, -0.25) is 0 Å². The van der Waals surface area contributed by atoms with Crippen molar-refractivity contribution in [2.75, 3.05) is 40.0 Å². The topological polar surface area (TPSA) is 30.5 Å². The second-order valence-electron chi connectivity index (χ2n) is 6.78. The highest BCUT2D eigenvalue weighted by Gasteiger charge is 2.31. The first-order valence-electron chi connectivity index (χ1n) is 8.46. The van der Waals surface area contributed by atoms with Gasteiger partial charge >= 0.3 is 0 Å². The summed E-state index contributed by atoms with van der Waals surface area (Å²) in [6.07, 6.45) is 9.30. The summed E-state index contributed by atoms with van der Waals surface area (Å²) in [5, 5.41) is 3.58. The van der Waals surface area contributed by atoms with Crippen molar-refractivity contribution in [1.82, 2.24) is 5.32 Å². The molecule has 20 heavy (non-hydrogen) atoms. The van der Waals surface area contributed by atoms with Crippen molar-refractivity contribution in [2.45, 2.75) is 58.8 Å². The average Bonchev–Trinajstić information content (AvgIpc) is 2.44. The Kier molecular flexibility index (Phi) is 9.49. The van der Waals surface area contributed by atoms with Crippen molar-refractivity contribution in [3.63, 3.8) is 0 Å². The number of methoxy groups -OCH3 is 1. The molecule has 3 heteroatoms. The standard InChI is InChI=1S/C17H35NO2/c1-16(2)7-12-20-13-10-17(8-5-4-6-9-17)15-18-11-14-19-3/h16,18H,4-15H2,1-3H3. The second kappa shape index (κ2) is 10.6. The Hall–Kier alpha value is -0.120. The molecule has 0 radical (unpaired) electrons. The Balaban J connectivity index is 2.23. The van der Waals surface area contributed by atoms with Crippen LogP contribution in [0.25, 0.3) is 0 Å². The summed E-state index contributed by atoms with van der Waals surface area (Å²) in [6, 6.07) is 0. The molecule has 0 aliphatic heterocycles. The van der Waals surface area contributed by atoms with E-state index in [9.17, 15) is 0 Å². The summed E-state index contributed by atoms with van der Waals surface area (Å²) in [6.45, 7) is 9.26. The smallest absolute Gasteiger partial charge is 0.0587 e. The Morgan fingerprint density at radius 3 is 2.45 bits per heavy atom. The molecule has 1 aliphatic rings. The van der Waals surface area contributed by atoms with Crippen LogP contribution in [0.5, 0.6) is 0 Å². The predicted molar refractivity (Wildman–Crippen MR) is 85.2 cm³/mol. The maximum absolute atomic E-state index is 5.85. The number of nitrogens with one attached hydrogen (secondary N) is 1. The van der Waals surface area contributed by atoms with E-state index in [2.05, 4.69) is 19.2 Å². The summed E-state index contributed by atoms with van der Waals surface area (Å²) in [5.74, 6) is 0.745. The van der Waals surface area contributed by atoms with Crippen LogP contribution in [-0.2, 0) is 9.47 Å². The Morgan fingerprint density at radius 2 is 1.80 bits per heavy atom. The number of rotatable bonds is 11. The molecule has 0 bridgehead atoms. The van der Waals surface area contributed by atoms with Crippen LogP contribution in [0.1, 0.15) is 58.8 Å². The molecule has 1 rings (SSSR count). The van der Waals surface area contributed by atoms with E-state index >= 15 is 0 Å². The molecular weight excluding hydrogens is 250 g/mol. The SMILES string of the molecule is COCCNCC1(CCOCCC(C)C)CCCCC1. The minimum atomic E-state index is 0.476. The third-order valence-corrected chi connectivity index (χ3v) is 4.51. The molecule has 0 spiro atoms. The number of hydrogen-bond acceptors (Lipinski definition) is 3. The first-order chi connectivity index (χ1) is 9.68. The van der Waals surface area contributed by atoms with Crippen LogP contribution in [0.4, 0.5) is 0 Å². The van der Waals surface area contributed by atoms with Gasteiger partial charge in [0.2, 0.25) is 0 Å². The fourth-order valence-corrected chi connectivity index (χ4v) is 3.05. The summed E-state index contributed by atoms with van der Waals surface area (Å²) in [4.78, 5) is 0. The molecule has 0 saturated heterocycles. The second-order valence-corrected chi connectivity index (χ2v) is 6.78. The molecule has 1 fully saturated rings. The van der Waals surface area contributed by atoms with Gasteiger partial charge in [-0.15, -0.1) is 0 Å². The highest BCUT2D eigenvalue weighted by atomic mass is 16.5. The summed E-state index contributed by atoms with van der Waals surface area (Å²) >= 11 is 0. The molecule has 0 aromatic carbocycles. The number of hydrogen-bond donors (Lipinski definition) is 1. The molecule has 1 saturated carbocycles. The van der Waals surface area contributed by atoms with E-state index in [0.29, 0.717) is 5.41 Å². The fourth-order valence-electron chi connectivity index (χ4n) is 3.05. The maximum Gasteiger partial charge on any atom is 0.0587 e. The summed E-state index contributed by atoms with van der Waals surface area (Å²) in [7, 11) is 1.76. The molecule has 1 aliphatic carbocycles. The van der Waals surface area contributed by atoms with Gasteiger partial charge < -0.3 is 14.8 Å². The third kappa shape index (κ3) is 7.61. The highest BCUT2D eigenvalue weighted by Crippen LogP contribution is 2.38. The molecule has 3 nitrogen and oxygen atoms in total. The van der Waals surface area contributed by atoms with Crippen LogP contribution >= 0.6 is 0 Å². The maximum atomic E-state index is 5.85. The van der Waals surface area contributed by atoms with E-state index in [4.69, 9.17) is 9.47 Å². The van der Waals surface area contributed by atoms with Gasteiger partial charge in [0.25, 0.3) is 0 Å². The van der Waals surface area contributed by atoms with E-state index in [1.807, 2.05) is 0 Å². The predicted octanol–water partition coefficient (Wildman–Crippen LogP) is 3.63. The van der Waals surface area contributed by atoms with Crippen molar-refractivity contribution in [1.29, 1.82) is 0 Å². The first kappa shape index (κ1) is 17.9. The van der Waals surface area contributed by atoms with Gasteiger partial charge in [-0.25, -0.2) is 0 Å². The minimum absolute atomic E-state index is 0.476. The van der Waals surface area contributed by atoms with E-state index < -0.39 is 0 Å². The van der Waals surface area contributed by atoms with Crippen LogP contribution in [0.2, 0.25) is 0 Å². The number of ether oxygens (including phenoxy) is 2. The zero-order chi connectivity index (χ0) is 14.7. The molecular formula is C17H35NO2. The van der Waals surface area contributed by atoms with E-state index in [1.165, 1.54) is 44.9 Å². The van der Waals surface area contributed by atoms with Gasteiger partial charge in [-0.2, -0.15) is 0 Å². The van der Waals surface area contributed by atoms with Crippen molar-refractivity contribution < 1.29 is 9.47 Å². The van der Waals surface area contributed by atoms with Crippen LogP contribution in [0.15, 0.2) is 0 Å². The zero-order valence-electron chi connectivity index (χ0n) is 13.9. The molecule has 0 aromatic rings. The molecule has 0 heterocycles. The summed E-state index contributed by atoms with van der Waals surface area (Å²) < 4.78 is 11.0. The molecule has 0 unspecified atom stereocenters. The van der Waals surface area contributed by atoms with Gasteiger partial charge in [0, 0.05) is 33.4 Å². The van der Waals surface area contributed by atoms with Crippen molar-refractivity contribution in [3.8, 4) is 0 Å². The van der Waals surface area contributed by atoms with E-state index in [1.54, 1.807) is 7.11 Å². The van der Waals surface area contributed by atoms with Crippen molar-refractivity contribution in [3.05, 3.63) is 0 Å². The van der Waals surface area contributed by atoms with Gasteiger partial charge in [0.1, 0.15) is 0 Å². The van der Waals surface area contributed by atoms with Crippen LogP contribution in [0.3, 0.4) is 0 Å². The zero-order valence-corrected chi connectivity index (χ0v) is 13.9. The van der Waals surface area contributed by atoms with Crippen LogP contribution in [-0.4, -0.2) is 40.0 Å². The Bertz CT molecular complexity index is 225. The lowest BCUT2D eigenvalue weighted by Crippen LogP contribution is -2.38. The third-order valence-electron chi connectivity index (χ3n) is 4.51. The van der Waals surface area contributed by atoms with Gasteiger partial charge in [-0.1, -0.05) is 33.1 Å². The Labute approximate surface area is 125 Å². The minimum Gasteiger partial charge on any atom is -0.383 e. The van der Waals surface area contributed by atoms with Gasteiger partial charge in [0.05, 0.1) is 6.61 Å². The largest absolute Gasteiger partial charge is 0.383 e. The lowest BCUT2D eigenvalue weighted by Gasteiger charge is -2.37. The first-order valence-corrected chi connectivity index (χ1v) is 8.46. The molecule has 0 atom stereocenters. The van der Waals surface area contributed by atoms with Gasteiger partial charge in [-0.05, 0) is 37.0 Å². The van der Waals surface area contributed by atoms with Gasteiger partial charge in [0.15, 0.2) is 0 Å².